The van der Waals surface area contributed by atoms with Gasteiger partial charge >= 0.3 is 0 Å². The fourth-order valence-electron chi connectivity index (χ4n) is 2.11. The molecule has 1 aromatic heterocycles. The molecule has 2 aromatic rings. The molecule has 1 amide bonds. The van der Waals surface area contributed by atoms with Crippen LogP contribution < -0.4 is 5.32 Å². The summed E-state index contributed by atoms with van der Waals surface area (Å²) in [6.45, 7) is 2.59. The van der Waals surface area contributed by atoms with Crippen molar-refractivity contribution < 1.29 is 4.79 Å². The van der Waals surface area contributed by atoms with Gasteiger partial charge in [0.2, 0.25) is 0 Å². The van der Waals surface area contributed by atoms with Gasteiger partial charge in [-0.25, -0.2) is 4.98 Å². The van der Waals surface area contributed by atoms with Gasteiger partial charge in [0.15, 0.2) is 0 Å². The molecule has 0 aliphatic carbocycles. The van der Waals surface area contributed by atoms with Crippen molar-refractivity contribution in [2.75, 3.05) is 5.32 Å². The van der Waals surface area contributed by atoms with Crippen LogP contribution in [-0.4, -0.2) is 15.5 Å². The molecule has 114 valence electrons. The van der Waals surface area contributed by atoms with Crippen molar-refractivity contribution in [1.82, 2.24) is 9.55 Å². The first kappa shape index (κ1) is 16.4. The lowest BCUT2D eigenvalue weighted by Crippen LogP contribution is -2.18. The summed E-state index contributed by atoms with van der Waals surface area (Å²) in [5.74, 6) is 3.10. The summed E-state index contributed by atoms with van der Waals surface area (Å²) in [7, 11) is 0. The van der Waals surface area contributed by atoms with E-state index >= 15 is 0 Å². The second-order valence-electron chi connectivity index (χ2n) is 4.59. The molecule has 0 bridgehead atoms. The molecule has 0 spiro atoms. The van der Waals surface area contributed by atoms with Crippen molar-refractivity contribution in [3.8, 4) is 12.3 Å². The number of anilines is 1. The molecule has 0 saturated carbocycles. The Morgan fingerprint density at radius 3 is 2.86 bits per heavy atom. The van der Waals surface area contributed by atoms with Gasteiger partial charge in [-0.15, -0.1) is 12.3 Å². The highest BCUT2D eigenvalue weighted by Crippen LogP contribution is 2.25. The lowest BCUT2D eigenvalue weighted by Gasteiger charge is -2.10. The second kappa shape index (κ2) is 7.35. The number of rotatable bonds is 5. The number of carbonyl (C=O) groups is 1. The molecule has 1 heterocycles. The standard InChI is InChI=1S/C16H15Cl2N3O/c1-3-5-6-15-19-10-14(21(15)4-2)16(22)20-13-8-7-11(17)9-12(13)18/h1,7-10H,4-6H2,2H3,(H,20,22). The highest BCUT2D eigenvalue weighted by atomic mass is 35.5. The summed E-state index contributed by atoms with van der Waals surface area (Å²) in [5, 5.41) is 3.66. The van der Waals surface area contributed by atoms with Crippen molar-refractivity contribution in [3.63, 3.8) is 0 Å². The number of terminal acetylenes is 1. The lowest BCUT2D eigenvalue weighted by molar-refractivity contribution is 0.101. The highest BCUT2D eigenvalue weighted by Gasteiger charge is 2.16. The summed E-state index contributed by atoms with van der Waals surface area (Å²) in [5.41, 5.74) is 0.977. The van der Waals surface area contributed by atoms with E-state index in [1.54, 1.807) is 24.4 Å². The number of nitrogens with one attached hydrogen (secondary N) is 1. The van der Waals surface area contributed by atoms with Crippen LogP contribution >= 0.6 is 23.2 Å². The van der Waals surface area contributed by atoms with Crippen molar-refractivity contribution >= 4 is 34.8 Å². The number of hydrogen-bond donors (Lipinski definition) is 1. The van der Waals surface area contributed by atoms with Gasteiger partial charge in [0, 0.05) is 24.4 Å². The monoisotopic (exact) mass is 335 g/mol. The predicted molar refractivity (Wildman–Crippen MR) is 89.5 cm³/mol. The van der Waals surface area contributed by atoms with Gasteiger partial charge in [0.25, 0.3) is 5.91 Å². The summed E-state index contributed by atoms with van der Waals surface area (Å²) >= 11 is 11.9. The van der Waals surface area contributed by atoms with Crippen LogP contribution in [0.1, 0.15) is 29.7 Å². The molecule has 22 heavy (non-hydrogen) atoms. The Balaban J connectivity index is 2.22. The normalized spacial score (nSPS) is 10.3. The molecule has 0 atom stereocenters. The van der Waals surface area contributed by atoms with Gasteiger partial charge < -0.3 is 9.88 Å². The third-order valence-corrected chi connectivity index (χ3v) is 3.71. The zero-order valence-corrected chi connectivity index (χ0v) is 13.6. The molecule has 0 saturated heterocycles. The fraction of sp³-hybridized carbons (Fsp3) is 0.250. The first-order chi connectivity index (χ1) is 10.6. The lowest BCUT2D eigenvalue weighted by atomic mass is 10.3. The number of nitrogens with zero attached hydrogens (tertiary/aromatic N) is 2. The van der Waals surface area contributed by atoms with Crippen LogP contribution in [0.2, 0.25) is 10.0 Å². The average Bonchev–Trinajstić information content (AvgIpc) is 2.90. The number of carbonyl (C=O) groups excluding carboxylic acids is 1. The maximum Gasteiger partial charge on any atom is 0.273 e. The van der Waals surface area contributed by atoms with Gasteiger partial charge in [-0.3, -0.25) is 4.79 Å². The van der Waals surface area contributed by atoms with E-state index < -0.39 is 0 Å². The average molecular weight is 336 g/mol. The van der Waals surface area contributed by atoms with Crippen LogP contribution in [0, 0.1) is 12.3 Å². The molecule has 2 rings (SSSR count). The van der Waals surface area contributed by atoms with Crippen LogP contribution in [0.4, 0.5) is 5.69 Å². The Morgan fingerprint density at radius 2 is 2.23 bits per heavy atom. The van der Waals surface area contributed by atoms with E-state index in [0.717, 1.165) is 5.82 Å². The molecule has 0 radical (unpaired) electrons. The molecular formula is C16H15Cl2N3O. The van der Waals surface area contributed by atoms with Crippen LogP contribution in [0.3, 0.4) is 0 Å². The Morgan fingerprint density at radius 1 is 1.45 bits per heavy atom. The number of aromatic nitrogens is 2. The Labute approximate surface area is 139 Å². The van der Waals surface area contributed by atoms with E-state index in [4.69, 9.17) is 29.6 Å². The minimum absolute atomic E-state index is 0.273. The molecule has 6 heteroatoms. The molecule has 0 unspecified atom stereocenters. The SMILES string of the molecule is C#CCCc1ncc(C(=O)Nc2ccc(Cl)cc2Cl)n1CC. The van der Waals surface area contributed by atoms with Gasteiger partial charge in [-0.2, -0.15) is 0 Å². The first-order valence-corrected chi connectivity index (χ1v) is 7.56. The van der Waals surface area contributed by atoms with Crippen LogP contribution in [-0.2, 0) is 13.0 Å². The molecule has 0 aliphatic rings. The van der Waals surface area contributed by atoms with Crippen LogP contribution in [0.5, 0.6) is 0 Å². The van der Waals surface area contributed by atoms with E-state index in [9.17, 15) is 4.79 Å². The number of benzene rings is 1. The summed E-state index contributed by atoms with van der Waals surface area (Å²) in [6.07, 6.45) is 8.05. The van der Waals surface area contributed by atoms with Crippen molar-refractivity contribution in [2.45, 2.75) is 26.3 Å². The number of halogens is 2. The molecule has 4 nitrogen and oxygen atoms in total. The molecule has 1 N–H and O–H groups in total. The van der Waals surface area contributed by atoms with Gasteiger partial charge in [0.05, 0.1) is 16.9 Å². The largest absolute Gasteiger partial charge is 0.324 e. The quantitative estimate of drug-likeness (QED) is 0.838. The Bertz CT molecular complexity index is 731. The topological polar surface area (TPSA) is 46.9 Å². The van der Waals surface area contributed by atoms with E-state index in [0.29, 0.717) is 40.8 Å². The minimum atomic E-state index is -0.273. The fourth-order valence-corrected chi connectivity index (χ4v) is 2.56. The predicted octanol–water partition coefficient (Wildman–Crippen LogP) is 4.03. The molecule has 0 aliphatic heterocycles. The number of aryl methyl sites for hydroxylation is 1. The zero-order valence-electron chi connectivity index (χ0n) is 12.1. The third kappa shape index (κ3) is 3.62. The maximum atomic E-state index is 12.4. The van der Waals surface area contributed by atoms with E-state index in [2.05, 4.69) is 16.2 Å². The van der Waals surface area contributed by atoms with E-state index in [1.807, 2.05) is 11.5 Å². The molecular weight excluding hydrogens is 321 g/mol. The Kier molecular flexibility index (Phi) is 5.48. The summed E-state index contributed by atoms with van der Waals surface area (Å²) < 4.78 is 1.84. The number of amides is 1. The zero-order chi connectivity index (χ0) is 16.1. The van der Waals surface area contributed by atoms with Crippen molar-refractivity contribution in [1.29, 1.82) is 0 Å². The number of hydrogen-bond acceptors (Lipinski definition) is 2. The second-order valence-corrected chi connectivity index (χ2v) is 5.43. The van der Waals surface area contributed by atoms with Gasteiger partial charge in [-0.05, 0) is 25.1 Å². The molecule has 0 fully saturated rings. The minimum Gasteiger partial charge on any atom is -0.324 e. The smallest absolute Gasteiger partial charge is 0.273 e. The summed E-state index contributed by atoms with van der Waals surface area (Å²) in [6, 6.07) is 4.90. The van der Waals surface area contributed by atoms with Gasteiger partial charge in [-0.1, -0.05) is 23.2 Å². The van der Waals surface area contributed by atoms with Crippen LogP contribution in [0.15, 0.2) is 24.4 Å². The van der Waals surface area contributed by atoms with E-state index in [1.165, 1.54) is 0 Å². The summed E-state index contributed by atoms with van der Waals surface area (Å²) in [4.78, 5) is 16.7. The highest BCUT2D eigenvalue weighted by molar-refractivity contribution is 6.36. The van der Waals surface area contributed by atoms with Crippen LogP contribution in [0.25, 0.3) is 0 Å². The third-order valence-electron chi connectivity index (χ3n) is 3.16. The molecule has 1 aromatic carbocycles. The van der Waals surface area contributed by atoms with Gasteiger partial charge in [0.1, 0.15) is 11.5 Å². The number of imidazole rings is 1. The maximum absolute atomic E-state index is 12.4. The first-order valence-electron chi connectivity index (χ1n) is 6.81. The Hall–Kier alpha value is -1.96. The van der Waals surface area contributed by atoms with Crippen molar-refractivity contribution in [3.05, 3.63) is 46.0 Å². The van der Waals surface area contributed by atoms with Crippen molar-refractivity contribution in [2.24, 2.45) is 0 Å². The van der Waals surface area contributed by atoms with E-state index in [-0.39, 0.29) is 5.91 Å².